The molecular weight excluding hydrogens is 212 g/mol. The van der Waals surface area contributed by atoms with Crippen molar-refractivity contribution in [1.29, 1.82) is 0 Å². The zero-order chi connectivity index (χ0) is 10.6. The van der Waals surface area contributed by atoms with Gasteiger partial charge < -0.3 is 5.32 Å². The molecule has 84 valence electrons. The summed E-state index contributed by atoms with van der Waals surface area (Å²) in [6, 6.07) is 0. The van der Waals surface area contributed by atoms with Crippen LogP contribution in [0.4, 0.5) is 8.78 Å². The Kier molecular flexibility index (Phi) is 4.25. The van der Waals surface area contributed by atoms with E-state index in [1.165, 1.54) is 0 Å². The van der Waals surface area contributed by atoms with Crippen molar-refractivity contribution in [3.8, 4) is 0 Å². The van der Waals surface area contributed by atoms with Gasteiger partial charge in [0, 0.05) is 13.0 Å². The average molecular weight is 227 g/mol. The van der Waals surface area contributed by atoms with E-state index in [2.05, 4.69) is 5.32 Å². The zero-order valence-corrected chi connectivity index (χ0v) is 8.69. The summed E-state index contributed by atoms with van der Waals surface area (Å²) >= 11 is 0. The number of rotatable bonds is 4. The summed E-state index contributed by atoms with van der Waals surface area (Å²) in [5.41, 5.74) is 0. The smallest absolute Gasteiger partial charge is 0.239 e. The fourth-order valence-corrected chi connectivity index (χ4v) is 3.28. The van der Waals surface area contributed by atoms with Gasteiger partial charge in [0.25, 0.3) is 0 Å². The van der Waals surface area contributed by atoms with Gasteiger partial charge in [-0.2, -0.15) is 0 Å². The lowest BCUT2D eigenvalue weighted by Crippen LogP contribution is -2.40. The highest BCUT2D eigenvalue weighted by Crippen LogP contribution is 2.14. The van der Waals surface area contributed by atoms with Crippen LogP contribution in [0.5, 0.6) is 0 Å². The van der Waals surface area contributed by atoms with Crippen LogP contribution in [0.3, 0.4) is 0 Å². The molecule has 1 unspecified atom stereocenters. The molecule has 14 heavy (non-hydrogen) atoms. The molecule has 0 saturated carbocycles. The Morgan fingerprint density at radius 1 is 1.43 bits per heavy atom. The lowest BCUT2D eigenvalue weighted by Gasteiger charge is -2.22. The van der Waals surface area contributed by atoms with Crippen molar-refractivity contribution in [1.82, 2.24) is 5.32 Å². The third-order valence-electron chi connectivity index (χ3n) is 2.38. The molecule has 1 saturated heterocycles. The van der Waals surface area contributed by atoms with Crippen molar-refractivity contribution < 1.29 is 17.2 Å². The fourth-order valence-electron chi connectivity index (χ4n) is 1.55. The van der Waals surface area contributed by atoms with Gasteiger partial charge >= 0.3 is 0 Å². The number of hydrogen-bond acceptors (Lipinski definition) is 3. The minimum Gasteiger partial charge on any atom is -0.315 e. The molecule has 1 heterocycles. The standard InChI is InChI=1S/C8H15F2NO2S/c9-8(10)3-5-14(12,13)7-2-1-4-11-6-7/h7-8,11H,1-6H2. The fraction of sp³-hybridized carbons (Fsp3) is 1.00. The van der Waals surface area contributed by atoms with Gasteiger partial charge in [0.1, 0.15) is 0 Å². The van der Waals surface area contributed by atoms with Crippen molar-refractivity contribution in [3.05, 3.63) is 0 Å². The van der Waals surface area contributed by atoms with Crippen LogP contribution in [0.1, 0.15) is 19.3 Å². The average Bonchev–Trinajstić information content (AvgIpc) is 2.16. The lowest BCUT2D eigenvalue weighted by atomic mass is 10.2. The summed E-state index contributed by atoms with van der Waals surface area (Å²) in [7, 11) is -3.32. The quantitative estimate of drug-likeness (QED) is 0.773. The van der Waals surface area contributed by atoms with E-state index in [0.717, 1.165) is 13.0 Å². The second kappa shape index (κ2) is 5.02. The molecule has 1 atom stereocenters. The molecule has 0 amide bonds. The Hall–Kier alpha value is -0.230. The highest BCUT2D eigenvalue weighted by Gasteiger charge is 2.27. The predicted octanol–water partition coefficient (Wildman–Crippen LogP) is 0.808. The summed E-state index contributed by atoms with van der Waals surface area (Å²) in [5, 5.41) is 2.50. The summed E-state index contributed by atoms with van der Waals surface area (Å²) in [6.45, 7) is 1.23. The van der Waals surface area contributed by atoms with Crippen LogP contribution in [-0.4, -0.2) is 38.9 Å². The molecule has 1 N–H and O–H groups in total. The van der Waals surface area contributed by atoms with E-state index in [4.69, 9.17) is 0 Å². The summed E-state index contributed by atoms with van der Waals surface area (Å²) in [6.07, 6.45) is -1.67. The maximum atomic E-state index is 11.9. The van der Waals surface area contributed by atoms with Gasteiger partial charge in [-0.3, -0.25) is 0 Å². The minimum absolute atomic E-state index is 0.392. The van der Waals surface area contributed by atoms with Gasteiger partial charge in [-0.1, -0.05) is 0 Å². The van der Waals surface area contributed by atoms with Gasteiger partial charge in [-0.25, -0.2) is 17.2 Å². The lowest BCUT2D eigenvalue weighted by molar-refractivity contribution is 0.144. The Balaban J connectivity index is 2.46. The Morgan fingerprint density at radius 2 is 2.14 bits per heavy atom. The van der Waals surface area contributed by atoms with E-state index in [-0.39, 0.29) is 0 Å². The molecule has 1 fully saturated rings. The molecule has 0 bridgehead atoms. The number of piperidine rings is 1. The molecule has 1 aliphatic rings. The molecule has 1 rings (SSSR count). The molecule has 6 heteroatoms. The van der Waals surface area contributed by atoms with Crippen LogP contribution < -0.4 is 5.32 Å². The normalized spacial score (nSPS) is 24.1. The molecule has 0 spiro atoms. The van der Waals surface area contributed by atoms with E-state index < -0.39 is 33.7 Å². The monoisotopic (exact) mass is 227 g/mol. The van der Waals surface area contributed by atoms with Gasteiger partial charge in [-0.15, -0.1) is 0 Å². The van der Waals surface area contributed by atoms with Crippen LogP contribution in [0.25, 0.3) is 0 Å². The van der Waals surface area contributed by atoms with Crippen molar-refractivity contribution in [2.45, 2.75) is 30.9 Å². The molecule has 0 radical (unpaired) electrons. The topological polar surface area (TPSA) is 46.2 Å². The number of halogens is 2. The number of nitrogens with one attached hydrogen (secondary N) is 1. The van der Waals surface area contributed by atoms with Gasteiger partial charge in [0.05, 0.1) is 11.0 Å². The molecule has 3 nitrogen and oxygen atoms in total. The van der Waals surface area contributed by atoms with Crippen molar-refractivity contribution >= 4 is 9.84 Å². The molecular formula is C8H15F2NO2S. The third kappa shape index (κ3) is 3.49. The molecule has 0 aromatic carbocycles. The van der Waals surface area contributed by atoms with E-state index in [9.17, 15) is 17.2 Å². The van der Waals surface area contributed by atoms with E-state index in [1.54, 1.807) is 0 Å². The van der Waals surface area contributed by atoms with Crippen LogP contribution in [-0.2, 0) is 9.84 Å². The third-order valence-corrected chi connectivity index (χ3v) is 4.60. The first-order valence-electron chi connectivity index (χ1n) is 4.73. The highest BCUT2D eigenvalue weighted by molar-refractivity contribution is 7.92. The van der Waals surface area contributed by atoms with Gasteiger partial charge in [0.2, 0.25) is 6.43 Å². The Bertz CT molecular complexity index is 261. The Morgan fingerprint density at radius 3 is 2.64 bits per heavy atom. The molecule has 1 aliphatic heterocycles. The van der Waals surface area contributed by atoms with Crippen molar-refractivity contribution in [3.63, 3.8) is 0 Å². The summed E-state index contributed by atoms with van der Waals surface area (Å²) in [5.74, 6) is -0.392. The van der Waals surface area contributed by atoms with Crippen LogP contribution in [0.15, 0.2) is 0 Å². The maximum Gasteiger partial charge on any atom is 0.239 e. The van der Waals surface area contributed by atoms with Crippen LogP contribution in [0, 0.1) is 0 Å². The minimum atomic E-state index is -3.32. The Labute approximate surface area is 82.8 Å². The number of alkyl halides is 2. The van der Waals surface area contributed by atoms with Crippen molar-refractivity contribution in [2.24, 2.45) is 0 Å². The molecule has 0 aliphatic carbocycles. The van der Waals surface area contributed by atoms with E-state index in [1.807, 2.05) is 0 Å². The van der Waals surface area contributed by atoms with E-state index >= 15 is 0 Å². The first-order valence-corrected chi connectivity index (χ1v) is 6.44. The zero-order valence-electron chi connectivity index (χ0n) is 7.88. The first-order chi connectivity index (χ1) is 6.52. The van der Waals surface area contributed by atoms with Gasteiger partial charge in [-0.05, 0) is 19.4 Å². The SMILES string of the molecule is O=S(=O)(CCC(F)F)C1CCCNC1. The highest BCUT2D eigenvalue weighted by atomic mass is 32.2. The van der Waals surface area contributed by atoms with Crippen LogP contribution >= 0.6 is 0 Å². The van der Waals surface area contributed by atoms with E-state index in [0.29, 0.717) is 13.0 Å². The second-order valence-corrected chi connectivity index (χ2v) is 5.92. The first kappa shape index (κ1) is 11.8. The number of hydrogen-bond donors (Lipinski definition) is 1. The van der Waals surface area contributed by atoms with Gasteiger partial charge in [0.15, 0.2) is 9.84 Å². The summed E-state index contributed by atoms with van der Waals surface area (Å²) in [4.78, 5) is 0. The van der Waals surface area contributed by atoms with Crippen molar-refractivity contribution in [2.75, 3.05) is 18.8 Å². The molecule has 0 aromatic heterocycles. The largest absolute Gasteiger partial charge is 0.315 e. The second-order valence-electron chi connectivity index (χ2n) is 3.52. The number of sulfone groups is 1. The van der Waals surface area contributed by atoms with Crippen LogP contribution in [0.2, 0.25) is 0 Å². The molecule has 0 aromatic rings. The summed E-state index contributed by atoms with van der Waals surface area (Å²) < 4.78 is 46.7. The maximum absolute atomic E-state index is 11.9. The predicted molar refractivity (Wildman–Crippen MR) is 50.3 cm³/mol.